The summed E-state index contributed by atoms with van der Waals surface area (Å²) < 4.78 is 5.00. The molecule has 1 aromatic carbocycles. The number of rotatable bonds is 2. The van der Waals surface area contributed by atoms with Gasteiger partial charge in [0.2, 0.25) is 0 Å². The number of aliphatic hydroxyl groups is 1. The number of hydrogen-bond acceptors (Lipinski definition) is 3. The highest BCUT2D eigenvalue weighted by atomic mass is 16.5. The summed E-state index contributed by atoms with van der Waals surface area (Å²) >= 11 is 0. The number of phenolic OH excluding ortho intramolecular Hbond substituents is 1. The minimum absolute atomic E-state index is 0.124. The molecule has 1 aromatic rings. The van der Waals surface area contributed by atoms with Gasteiger partial charge in [0, 0.05) is 11.6 Å². The van der Waals surface area contributed by atoms with E-state index in [-0.39, 0.29) is 5.75 Å². The van der Waals surface area contributed by atoms with Gasteiger partial charge in [-0.1, -0.05) is 12.8 Å². The molecule has 15 heavy (non-hydrogen) atoms. The predicted octanol–water partition coefficient (Wildman–Crippen LogP) is 2.16. The molecule has 2 N–H and O–H groups in total. The molecule has 0 spiro atoms. The third kappa shape index (κ3) is 1.79. The Balaban J connectivity index is 2.36. The van der Waals surface area contributed by atoms with Crippen LogP contribution in [0.25, 0.3) is 0 Å². The molecular formula is C12H16O3. The van der Waals surface area contributed by atoms with Gasteiger partial charge >= 0.3 is 0 Å². The van der Waals surface area contributed by atoms with E-state index >= 15 is 0 Å². The van der Waals surface area contributed by atoms with Crippen LogP contribution in [0.3, 0.4) is 0 Å². The van der Waals surface area contributed by atoms with E-state index in [2.05, 4.69) is 0 Å². The van der Waals surface area contributed by atoms with Gasteiger partial charge < -0.3 is 14.9 Å². The minimum atomic E-state index is -0.837. The summed E-state index contributed by atoms with van der Waals surface area (Å²) in [5.41, 5.74) is -0.211. The van der Waals surface area contributed by atoms with Crippen molar-refractivity contribution in [3.05, 3.63) is 23.8 Å². The van der Waals surface area contributed by atoms with Gasteiger partial charge in [0.25, 0.3) is 0 Å². The average molecular weight is 208 g/mol. The lowest BCUT2D eigenvalue weighted by atomic mass is 9.91. The molecular weight excluding hydrogens is 192 g/mol. The Labute approximate surface area is 89.3 Å². The SMILES string of the molecule is COc1ccc(C2(O)CCCC2)c(O)c1. The summed E-state index contributed by atoms with van der Waals surface area (Å²) in [4.78, 5) is 0. The fraction of sp³-hybridized carbons (Fsp3) is 0.500. The third-order valence-electron chi connectivity index (χ3n) is 3.14. The minimum Gasteiger partial charge on any atom is -0.507 e. The highest BCUT2D eigenvalue weighted by Gasteiger charge is 2.35. The number of hydrogen-bond donors (Lipinski definition) is 2. The van der Waals surface area contributed by atoms with E-state index in [4.69, 9.17) is 4.74 Å². The zero-order chi connectivity index (χ0) is 10.9. The molecule has 3 nitrogen and oxygen atoms in total. The van der Waals surface area contributed by atoms with E-state index in [9.17, 15) is 10.2 Å². The largest absolute Gasteiger partial charge is 0.507 e. The van der Waals surface area contributed by atoms with Crippen LogP contribution in [0.5, 0.6) is 11.5 Å². The van der Waals surface area contributed by atoms with Gasteiger partial charge in [-0.15, -0.1) is 0 Å². The summed E-state index contributed by atoms with van der Waals surface area (Å²) in [5.74, 6) is 0.733. The van der Waals surface area contributed by atoms with Crippen LogP contribution >= 0.6 is 0 Å². The topological polar surface area (TPSA) is 49.7 Å². The van der Waals surface area contributed by atoms with Crippen molar-refractivity contribution in [2.45, 2.75) is 31.3 Å². The van der Waals surface area contributed by atoms with Crippen LogP contribution in [0.4, 0.5) is 0 Å². The quantitative estimate of drug-likeness (QED) is 0.783. The van der Waals surface area contributed by atoms with Gasteiger partial charge in [0.1, 0.15) is 11.5 Å². The van der Waals surface area contributed by atoms with E-state index in [1.54, 1.807) is 25.3 Å². The first-order valence-electron chi connectivity index (χ1n) is 5.25. The monoisotopic (exact) mass is 208 g/mol. The van der Waals surface area contributed by atoms with Crippen molar-refractivity contribution in [2.24, 2.45) is 0 Å². The lowest BCUT2D eigenvalue weighted by Crippen LogP contribution is -2.20. The van der Waals surface area contributed by atoms with Crippen molar-refractivity contribution in [3.8, 4) is 11.5 Å². The van der Waals surface area contributed by atoms with Crippen LogP contribution in [0.1, 0.15) is 31.2 Å². The maximum atomic E-state index is 10.3. The highest BCUT2D eigenvalue weighted by Crippen LogP contribution is 2.42. The highest BCUT2D eigenvalue weighted by molar-refractivity contribution is 5.43. The van der Waals surface area contributed by atoms with Gasteiger partial charge in [0.15, 0.2) is 0 Å². The number of benzene rings is 1. The first kappa shape index (κ1) is 10.3. The van der Waals surface area contributed by atoms with Crippen molar-refractivity contribution >= 4 is 0 Å². The molecule has 0 amide bonds. The Morgan fingerprint density at radius 2 is 1.93 bits per heavy atom. The second-order valence-electron chi connectivity index (χ2n) is 4.12. The lowest BCUT2D eigenvalue weighted by molar-refractivity contribution is 0.0420. The number of ether oxygens (including phenoxy) is 1. The van der Waals surface area contributed by atoms with Crippen LogP contribution < -0.4 is 4.74 Å². The molecule has 1 aliphatic carbocycles. The molecule has 1 aliphatic rings. The van der Waals surface area contributed by atoms with Crippen molar-refractivity contribution in [2.75, 3.05) is 7.11 Å². The van der Waals surface area contributed by atoms with Crippen molar-refractivity contribution in [1.82, 2.24) is 0 Å². The molecule has 1 saturated carbocycles. The summed E-state index contributed by atoms with van der Waals surface area (Å²) in [7, 11) is 1.55. The van der Waals surface area contributed by atoms with Gasteiger partial charge in [-0.3, -0.25) is 0 Å². The number of phenols is 1. The van der Waals surface area contributed by atoms with Crippen LogP contribution in [-0.2, 0) is 5.60 Å². The maximum absolute atomic E-state index is 10.3. The van der Waals surface area contributed by atoms with Crippen LogP contribution in [0, 0.1) is 0 Å². The predicted molar refractivity (Wildman–Crippen MR) is 57.0 cm³/mol. The van der Waals surface area contributed by atoms with E-state index in [0.717, 1.165) is 25.7 Å². The third-order valence-corrected chi connectivity index (χ3v) is 3.14. The molecule has 2 rings (SSSR count). The van der Waals surface area contributed by atoms with Crippen LogP contribution in [0.15, 0.2) is 18.2 Å². The van der Waals surface area contributed by atoms with Gasteiger partial charge in [0.05, 0.1) is 12.7 Å². The lowest BCUT2D eigenvalue weighted by Gasteiger charge is -2.23. The Morgan fingerprint density at radius 1 is 1.27 bits per heavy atom. The van der Waals surface area contributed by atoms with E-state index in [0.29, 0.717) is 11.3 Å². The Kier molecular flexibility index (Phi) is 2.57. The molecule has 0 aromatic heterocycles. The van der Waals surface area contributed by atoms with Crippen LogP contribution in [0.2, 0.25) is 0 Å². The fourth-order valence-corrected chi connectivity index (χ4v) is 2.26. The number of methoxy groups -OCH3 is 1. The summed E-state index contributed by atoms with van der Waals surface area (Å²) in [5, 5.41) is 20.1. The zero-order valence-corrected chi connectivity index (χ0v) is 8.86. The van der Waals surface area contributed by atoms with Crippen molar-refractivity contribution < 1.29 is 14.9 Å². The molecule has 0 unspecified atom stereocenters. The molecule has 0 heterocycles. The standard InChI is InChI=1S/C12H16O3/c1-15-9-4-5-10(11(13)8-9)12(14)6-2-3-7-12/h4-5,8,13-14H,2-3,6-7H2,1H3. The Morgan fingerprint density at radius 3 is 2.47 bits per heavy atom. The Bertz CT molecular complexity index is 354. The van der Waals surface area contributed by atoms with Gasteiger partial charge in [-0.2, -0.15) is 0 Å². The first-order chi connectivity index (χ1) is 7.15. The number of aromatic hydroxyl groups is 1. The molecule has 0 radical (unpaired) electrons. The molecule has 0 aliphatic heterocycles. The molecule has 3 heteroatoms. The van der Waals surface area contributed by atoms with Crippen molar-refractivity contribution in [1.29, 1.82) is 0 Å². The normalized spacial score (nSPS) is 19.1. The van der Waals surface area contributed by atoms with Crippen LogP contribution in [-0.4, -0.2) is 17.3 Å². The smallest absolute Gasteiger partial charge is 0.125 e. The fourth-order valence-electron chi connectivity index (χ4n) is 2.26. The molecule has 0 saturated heterocycles. The average Bonchev–Trinajstić information content (AvgIpc) is 2.65. The van der Waals surface area contributed by atoms with Gasteiger partial charge in [-0.25, -0.2) is 0 Å². The first-order valence-corrected chi connectivity index (χ1v) is 5.25. The molecule has 0 bridgehead atoms. The second-order valence-corrected chi connectivity index (χ2v) is 4.12. The Hall–Kier alpha value is -1.22. The van der Waals surface area contributed by atoms with E-state index < -0.39 is 5.60 Å². The second kappa shape index (κ2) is 3.74. The molecule has 0 atom stereocenters. The molecule has 82 valence electrons. The van der Waals surface area contributed by atoms with Crippen molar-refractivity contribution in [3.63, 3.8) is 0 Å². The van der Waals surface area contributed by atoms with E-state index in [1.165, 1.54) is 0 Å². The van der Waals surface area contributed by atoms with E-state index in [1.807, 2.05) is 0 Å². The zero-order valence-electron chi connectivity index (χ0n) is 8.86. The summed E-state index contributed by atoms with van der Waals surface area (Å²) in [6.07, 6.45) is 3.49. The summed E-state index contributed by atoms with van der Waals surface area (Å²) in [6, 6.07) is 5.07. The van der Waals surface area contributed by atoms with Gasteiger partial charge in [-0.05, 0) is 25.0 Å². The molecule has 1 fully saturated rings. The summed E-state index contributed by atoms with van der Waals surface area (Å²) in [6.45, 7) is 0. The maximum Gasteiger partial charge on any atom is 0.125 e.